The van der Waals surface area contributed by atoms with Crippen LogP contribution in [0.2, 0.25) is 0 Å². The molecule has 0 fully saturated rings. The van der Waals surface area contributed by atoms with Crippen LogP contribution in [-0.4, -0.2) is 9.97 Å². The molecule has 0 amide bonds. The molecule has 2 heterocycles. The highest BCUT2D eigenvalue weighted by atomic mass is 14.8. The summed E-state index contributed by atoms with van der Waals surface area (Å²) in [5.74, 6) is 0. The quantitative estimate of drug-likeness (QED) is 0.232. The van der Waals surface area contributed by atoms with Crippen LogP contribution in [-0.2, 0) is 0 Å². The van der Waals surface area contributed by atoms with E-state index in [1.807, 2.05) is 6.92 Å². The third-order valence-corrected chi connectivity index (χ3v) is 7.42. The van der Waals surface area contributed by atoms with Gasteiger partial charge in [0.25, 0.3) is 0 Å². The van der Waals surface area contributed by atoms with Crippen molar-refractivity contribution < 1.29 is 0 Å². The summed E-state index contributed by atoms with van der Waals surface area (Å²) in [6, 6.07) is 43.5. The second kappa shape index (κ2) is 8.93. The third kappa shape index (κ3) is 3.74. The average molecular weight is 487 g/mol. The Balaban J connectivity index is 1.35. The summed E-state index contributed by atoms with van der Waals surface area (Å²) in [6.45, 7) is 4.09. The van der Waals surface area contributed by atoms with Gasteiger partial charge in [0.2, 0.25) is 0 Å². The minimum Gasteiger partial charge on any atom is -0.251 e. The van der Waals surface area contributed by atoms with Crippen molar-refractivity contribution in [2.45, 2.75) is 13.8 Å². The summed E-state index contributed by atoms with van der Waals surface area (Å²) in [7, 11) is 0. The van der Waals surface area contributed by atoms with E-state index in [2.05, 4.69) is 128 Å². The molecule has 5 aromatic carbocycles. The summed E-state index contributed by atoms with van der Waals surface area (Å²) in [5, 5.41) is 4.78. The molecule has 2 heteroatoms. The lowest BCUT2D eigenvalue weighted by Crippen LogP contribution is -1.93. The summed E-state index contributed by atoms with van der Waals surface area (Å²) in [4.78, 5) is 9.73. The number of rotatable bonds is 3. The number of aryl methyl sites for hydroxylation is 2. The van der Waals surface area contributed by atoms with Gasteiger partial charge in [-0.3, -0.25) is 9.97 Å². The van der Waals surface area contributed by atoms with E-state index in [9.17, 15) is 0 Å². The molecular formula is C36H26N2. The van der Waals surface area contributed by atoms with Gasteiger partial charge in [-0.25, -0.2) is 0 Å². The maximum absolute atomic E-state index is 4.90. The van der Waals surface area contributed by atoms with Crippen LogP contribution in [0, 0.1) is 13.8 Å². The van der Waals surface area contributed by atoms with Crippen molar-refractivity contribution in [3.63, 3.8) is 0 Å². The zero-order valence-corrected chi connectivity index (χ0v) is 21.4. The fourth-order valence-electron chi connectivity index (χ4n) is 5.59. The summed E-state index contributed by atoms with van der Waals surface area (Å²) >= 11 is 0. The first kappa shape index (κ1) is 22.4. The van der Waals surface area contributed by atoms with E-state index in [4.69, 9.17) is 9.97 Å². The lowest BCUT2D eigenvalue weighted by molar-refractivity contribution is 1.23. The number of pyridine rings is 2. The predicted molar refractivity (Wildman–Crippen MR) is 160 cm³/mol. The van der Waals surface area contributed by atoms with Gasteiger partial charge in [-0.1, -0.05) is 109 Å². The molecule has 0 aliphatic heterocycles. The van der Waals surface area contributed by atoms with Gasteiger partial charge in [0, 0.05) is 22.2 Å². The SMILES string of the molecule is Cc1ccc2ccc3c(-c4ccc(-c5ccc(-c6ccccc6)c6ccccc56)cc4)cc(C)nc3c2n1. The van der Waals surface area contributed by atoms with Crippen LogP contribution in [0.1, 0.15) is 11.4 Å². The van der Waals surface area contributed by atoms with Crippen molar-refractivity contribution >= 4 is 32.6 Å². The molecule has 0 aliphatic rings. The maximum Gasteiger partial charge on any atom is 0.0974 e. The van der Waals surface area contributed by atoms with Gasteiger partial charge in [-0.05, 0) is 70.1 Å². The molecule has 0 radical (unpaired) electrons. The van der Waals surface area contributed by atoms with E-state index >= 15 is 0 Å². The van der Waals surface area contributed by atoms with E-state index in [-0.39, 0.29) is 0 Å². The lowest BCUT2D eigenvalue weighted by atomic mass is 9.91. The first-order valence-electron chi connectivity index (χ1n) is 13.0. The van der Waals surface area contributed by atoms with Crippen LogP contribution in [0.4, 0.5) is 0 Å². The predicted octanol–water partition coefficient (Wildman–Crippen LogP) is 9.55. The molecule has 7 rings (SSSR count). The van der Waals surface area contributed by atoms with Gasteiger partial charge in [-0.15, -0.1) is 0 Å². The molecule has 0 unspecified atom stereocenters. The van der Waals surface area contributed by atoms with E-state index < -0.39 is 0 Å². The molecule has 0 aliphatic carbocycles. The maximum atomic E-state index is 4.90. The van der Waals surface area contributed by atoms with Crippen LogP contribution < -0.4 is 0 Å². The van der Waals surface area contributed by atoms with Gasteiger partial charge in [-0.2, -0.15) is 0 Å². The topological polar surface area (TPSA) is 25.8 Å². The fourth-order valence-corrected chi connectivity index (χ4v) is 5.59. The van der Waals surface area contributed by atoms with Crippen molar-refractivity contribution in [1.29, 1.82) is 0 Å². The lowest BCUT2D eigenvalue weighted by Gasteiger charge is -2.14. The highest BCUT2D eigenvalue weighted by Gasteiger charge is 2.13. The Hall–Kier alpha value is -4.82. The Kier molecular flexibility index (Phi) is 5.26. The number of aromatic nitrogens is 2. The van der Waals surface area contributed by atoms with Crippen molar-refractivity contribution in [2.24, 2.45) is 0 Å². The van der Waals surface area contributed by atoms with Crippen molar-refractivity contribution in [2.75, 3.05) is 0 Å². The third-order valence-electron chi connectivity index (χ3n) is 7.42. The number of hydrogen-bond acceptors (Lipinski definition) is 2. The molecule has 0 saturated carbocycles. The smallest absolute Gasteiger partial charge is 0.0974 e. The number of hydrogen-bond donors (Lipinski definition) is 0. The number of benzene rings is 5. The molecule has 0 bridgehead atoms. The molecule has 2 aromatic heterocycles. The van der Waals surface area contributed by atoms with Gasteiger partial charge >= 0.3 is 0 Å². The highest BCUT2D eigenvalue weighted by Crippen LogP contribution is 2.37. The van der Waals surface area contributed by atoms with Crippen molar-refractivity contribution in [3.05, 3.63) is 133 Å². The summed E-state index contributed by atoms with van der Waals surface area (Å²) < 4.78 is 0. The molecule has 0 N–H and O–H groups in total. The molecular weight excluding hydrogens is 460 g/mol. The minimum absolute atomic E-state index is 0.966. The highest BCUT2D eigenvalue weighted by molar-refractivity contribution is 6.09. The summed E-state index contributed by atoms with van der Waals surface area (Å²) in [6.07, 6.45) is 0. The minimum atomic E-state index is 0.966. The normalized spacial score (nSPS) is 11.4. The van der Waals surface area contributed by atoms with Crippen molar-refractivity contribution in [1.82, 2.24) is 9.97 Å². The van der Waals surface area contributed by atoms with Crippen molar-refractivity contribution in [3.8, 4) is 33.4 Å². The molecule has 2 nitrogen and oxygen atoms in total. The Morgan fingerprint density at radius 2 is 0.947 bits per heavy atom. The number of nitrogens with zero attached hydrogens (tertiary/aromatic N) is 2. The second-order valence-electron chi connectivity index (χ2n) is 9.95. The first-order chi connectivity index (χ1) is 18.7. The van der Waals surface area contributed by atoms with Crippen LogP contribution in [0.3, 0.4) is 0 Å². The first-order valence-corrected chi connectivity index (χ1v) is 13.0. The second-order valence-corrected chi connectivity index (χ2v) is 9.95. The van der Waals surface area contributed by atoms with Gasteiger partial charge in [0.15, 0.2) is 0 Å². The molecule has 7 aromatic rings. The zero-order chi connectivity index (χ0) is 25.6. The van der Waals surface area contributed by atoms with Crippen LogP contribution in [0.15, 0.2) is 121 Å². The number of fused-ring (bicyclic) bond motifs is 4. The van der Waals surface area contributed by atoms with E-state index in [1.165, 1.54) is 44.2 Å². The molecule has 0 saturated heterocycles. The Bertz CT molecular complexity index is 1970. The van der Waals surface area contributed by atoms with Crippen LogP contribution >= 0.6 is 0 Å². The van der Waals surface area contributed by atoms with Crippen LogP contribution in [0.5, 0.6) is 0 Å². The molecule has 38 heavy (non-hydrogen) atoms. The Labute approximate surface area is 222 Å². The Morgan fingerprint density at radius 3 is 1.63 bits per heavy atom. The van der Waals surface area contributed by atoms with Crippen LogP contribution in [0.25, 0.3) is 66.0 Å². The monoisotopic (exact) mass is 486 g/mol. The largest absolute Gasteiger partial charge is 0.251 e. The average Bonchev–Trinajstić information content (AvgIpc) is 2.97. The van der Waals surface area contributed by atoms with Gasteiger partial charge in [0.05, 0.1) is 11.0 Å². The molecule has 0 atom stereocenters. The van der Waals surface area contributed by atoms with E-state index in [0.717, 1.165) is 33.2 Å². The van der Waals surface area contributed by atoms with Gasteiger partial charge in [0.1, 0.15) is 0 Å². The zero-order valence-electron chi connectivity index (χ0n) is 21.4. The van der Waals surface area contributed by atoms with E-state index in [1.54, 1.807) is 0 Å². The van der Waals surface area contributed by atoms with Gasteiger partial charge < -0.3 is 0 Å². The Morgan fingerprint density at radius 1 is 0.395 bits per heavy atom. The summed E-state index contributed by atoms with van der Waals surface area (Å²) in [5.41, 5.74) is 11.3. The fraction of sp³-hybridized carbons (Fsp3) is 0.0556. The molecule has 0 spiro atoms. The van der Waals surface area contributed by atoms with E-state index in [0.29, 0.717) is 0 Å². The standard InChI is InChI=1S/C36H26N2/c1-23-12-13-28-18-19-33-34(22-24(2)38-36(33)35(28)37-23)27-16-14-26(15-17-27)30-21-20-29(25-8-4-3-5-9-25)31-10-6-7-11-32(30)31/h3-22H,1-2H3. The molecule has 180 valence electrons.